The predicted octanol–water partition coefficient (Wildman–Crippen LogP) is 5.19. The molecule has 0 radical (unpaired) electrons. The summed E-state index contributed by atoms with van der Waals surface area (Å²) >= 11 is 0. The normalized spacial score (nSPS) is 25.8. The first-order chi connectivity index (χ1) is 11.1. The second-order valence-corrected chi connectivity index (χ2v) is 6.92. The van der Waals surface area contributed by atoms with Gasteiger partial charge in [-0.1, -0.05) is 38.1 Å². The van der Waals surface area contributed by atoms with E-state index >= 15 is 0 Å². The number of hydrogen-bond donors (Lipinski definition) is 1. The summed E-state index contributed by atoms with van der Waals surface area (Å²) in [4.78, 5) is 0. The monoisotopic (exact) mass is 311 g/mol. The Morgan fingerprint density at radius 3 is 2.83 bits per heavy atom. The minimum atomic E-state index is -0.180. The molecule has 2 heterocycles. The minimum Gasteiger partial charge on any atom is -0.378 e. The molecule has 3 heteroatoms. The van der Waals surface area contributed by atoms with Crippen LogP contribution in [0.3, 0.4) is 0 Å². The summed E-state index contributed by atoms with van der Waals surface area (Å²) < 4.78 is 19.7. The van der Waals surface area contributed by atoms with Crippen LogP contribution in [-0.4, -0.2) is 6.61 Å². The van der Waals surface area contributed by atoms with Crippen LogP contribution in [0.5, 0.6) is 0 Å². The van der Waals surface area contributed by atoms with E-state index in [2.05, 4.69) is 37.4 Å². The van der Waals surface area contributed by atoms with Gasteiger partial charge in [0.15, 0.2) is 0 Å². The largest absolute Gasteiger partial charge is 0.378 e. The van der Waals surface area contributed by atoms with Crippen molar-refractivity contribution in [3.63, 3.8) is 0 Å². The van der Waals surface area contributed by atoms with Crippen molar-refractivity contribution in [1.29, 1.82) is 0 Å². The van der Waals surface area contributed by atoms with Crippen LogP contribution in [-0.2, 0) is 4.74 Å². The van der Waals surface area contributed by atoms with Gasteiger partial charge in [-0.3, -0.25) is 0 Å². The summed E-state index contributed by atoms with van der Waals surface area (Å²) in [7, 11) is 0. The highest BCUT2D eigenvalue weighted by atomic mass is 19.1. The average molecular weight is 311 g/mol. The molecule has 4 rings (SSSR count). The average Bonchev–Trinajstić information content (AvgIpc) is 3.03. The van der Waals surface area contributed by atoms with Crippen LogP contribution in [0, 0.1) is 11.7 Å². The number of anilines is 1. The second kappa shape index (κ2) is 5.64. The molecule has 0 saturated carbocycles. The molecule has 0 bridgehead atoms. The number of ether oxygens (including phenoxy) is 1. The fourth-order valence-corrected chi connectivity index (χ4v) is 3.88. The molecular formula is C20H22FNO. The Bertz CT molecular complexity index is 727. The highest BCUT2D eigenvalue weighted by Gasteiger charge is 2.41. The number of nitrogens with one attached hydrogen (secondary N) is 1. The lowest BCUT2D eigenvalue weighted by atomic mass is 9.80. The van der Waals surface area contributed by atoms with Gasteiger partial charge in [0.25, 0.3) is 0 Å². The number of rotatable bonds is 2. The van der Waals surface area contributed by atoms with E-state index < -0.39 is 0 Å². The van der Waals surface area contributed by atoms with Gasteiger partial charge in [-0.25, -0.2) is 4.39 Å². The summed E-state index contributed by atoms with van der Waals surface area (Å²) in [6, 6.07) is 13.6. The van der Waals surface area contributed by atoms with Gasteiger partial charge in [0.05, 0.1) is 12.1 Å². The van der Waals surface area contributed by atoms with Crippen molar-refractivity contribution >= 4 is 5.69 Å². The molecule has 3 unspecified atom stereocenters. The Labute approximate surface area is 136 Å². The van der Waals surface area contributed by atoms with Crippen molar-refractivity contribution in [3.05, 3.63) is 65.0 Å². The van der Waals surface area contributed by atoms with E-state index in [0.717, 1.165) is 24.3 Å². The number of benzene rings is 2. The highest BCUT2D eigenvalue weighted by Crippen LogP contribution is 2.50. The van der Waals surface area contributed by atoms with Crippen molar-refractivity contribution in [3.8, 4) is 0 Å². The van der Waals surface area contributed by atoms with E-state index in [0.29, 0.717) is 11.8 Å². The lowest BCUT2D eigenvalue weighted by molar-refractivity contribution is 0.0828. The van der Waals surface area contributed by atoms with Crippen molar-refractivity contribution in [2.75, 3.05) is 11.9 Å². The summed E-state index contributed by atoms with van der Waals surface area (Å²) in [5, 5.41) is 3.63. The van der Waals surface area contributed by atoms with Crippen LogP contribution in [0.4, 0.5) is 10.1 Å². The van der Waals surface area contributed by atoms with Crippen LogP contribution in [0.15, 0.2) is 42.5 Å². The quantitative estimate of drug-likeness (QED) is 0.823. The molecule has 0 aromatic heterocycles. The molecule has 120 valence electrons. The standard InChI is InChI=1S/C20H22FNO/c1-12(2)13-6-7-18-17(11-13)20-16(8-9-23-20)19(22-18)14-4-3-5-15(21)10-14/h3-7,10-12,16,19-20,22H,8-9H2,1-2H3. The Hall–Kier alpha value is -1.87. The van der Waals surface area contributed by atoms with Gasteiger partial charge in [-0.2, -0.15) is 0 Å². The smallest absolute Gasteiger partial charge is 0.123 e. The fraction of sp³-hybridized carbons (Fsp3) is 0.400. The maximum atomic E-state index is 13.6. The molecular weight excluding hydrogens is 289 g/mol. The Morgan fingerprint density at radius 1 is 1.17 bits per heavy atom. The number of halogens is 1. The van der Waals surface area contributed by atoms with Crippen molar-refractivity contribution in [2.24, 2.45) is 5.92 Å². The van der Waals surface area contributed by atoms with Crippen LogP contribution in [0.1, 0.15) is 55.0 Å². The van der Waals surface area contributed by atoms with Gasteiger partial charge in [-0.15, -0.1) is 0 Å². The maximum Gasteiger partial charge on any atom is 0.123 e. The molecule has 3 atom stereocenters. The van der Waals surface area contributed by atoms with Gasteiger partial charge in [-0.05, 0) is 41.7 Å². The first-order valence-electron chi connectivity index (χ1n) is 8.41. The summed E-state index contributed by atoms with van der Waals surface area (Å²) in [6.45, 7) is 5.19. The van der Waals surface area contributed by atoms with E-state index in [-0.39, 0.29) is 18.0 Å². The van der Waals surface area contributed by atoms with Crippen LogP contribution in [0.25, 0.3) is 0 Å². The van der Waals surface area contributed by atoms with E-state index in [4.69, 9.17) is 4.74 Å². The zero-order valence-corrected chi connectivity index (χ0v) is 13.6. The third kappa shape index (κ3) is 2.53. The molecule has 0 spiro atoms. The van der Waals surface area contributed by atoms with Gasteiger partial charge < -0.3 is 10.1 Å². The Kier molecular flexibility index (Phi) is 3.61. The Balaban J connectivity index is 1.76. The van der Waals surface area contributed by atoms with Crippen LogP contribution < -0.4 is 5.32 Å². The SMILES string of the molecule is CC(C)c1ccc2c(c1)C1OCCC1C(c1cccc(F)c1)N2. The van der Waals surface area contributed by atoms with Gasteiger partial charge in [0, 0.05) is 23.8 Å². The summed E-state index contributed by atoms with van der Waals surface area (Å²) in [6.07, 6.45) is 1.11. The Morgan fingerprint density at radius 2 is 2.04 bits per heavy atom. The first kappa shape index (κ1) is 14.7. The van der Waals surface area contributed by atoms with E-state index in [1.54, 1.807) is 12.1 Å². The molecule has 2 aliphatic heterocycles. The predicted molar refractivity (Wildman–Crippen MR) is 90.1 cm³/mol. The van der Waals surface area contributed by atoms with E-state index in [1.807, 2.05) is 6.07 Å². The third-order valence-corrected chi connectivity index (χ3v) is 5.13. The molecule has 0 amide bonds. The van der Waals surface area contributed by atoms with E-state index in [9.17, 15) is 4.39 Å². The molecule has 2 aromatic carbocycles. The van der Waals surface area contributed by atoms with Gasteiger partial charge >= 0.3 is 0 Å². The third-order valence-electron chi connectivity index (χ3n) is 5.13. The molecule has 1 fully saturated rings. The molecule has 1 N–H and O–H groups in total. The van der Waals surface area contributed by atoms with Gasteiger partial charge in [0.2, 0.25) is 0 Å². The van der Waals surface area contributed by atoms with Crippen molar-refractivity contribution < 1.29 is 9.13 Å². The number of fused-ring (bicyclic) bond motifs is 3. The molecule has 2 nitrogen and oxygen atoms in total. The summed E-state index contributed by atoms with van der Waals surface area (Å²) in [5.41, 5.74) is 4.71. The lowest BCUT2D eigenvalue weighted by Crippen LogP contribution is -2.29. The summed E-state index contributed by atoms with van der Waals surface area (Å²) in [5.74, 6) is 0.675. The molecule has 1 saturated heterocycles. The van der Waals surface area contributed by atoms with Crippen molar-refractivity contribution in [1.82, 2.24) is 0 Å². The molecule has 2 aromatic rings. The first-order valence-corrected chi connectivity index (χ1v) is 8.41. The number of hydrogen-bond acceptors (Lipinski definition) is 2. The maximum absolute atomic E-state index is 13.6. The van der Waals surface area contributed by atoms with Crippen LogP contribution in [0.2, 0.25) is 0 Å². The zero-order chi connectivity index (χ0) is 16.0. The zero-order valence-electron chi connectivity index (χ0n) is 13.6. The second-order valence-electron chi connectivity index (χ2n) is 6.92. The molecule has 23 heavy (non-hydrogen) atoms. The van der Waals surface area contributed by atoms with E-state index in [1.165, 1.54) is 17.2 Å². The van der Waals surface area contributed by atoms with Gasteiger partial charge in [0.1, 0.15) is 5.82 Å². The topological polar surface area (TPSA) is 21.3 Å². The molecule has 2 aliphatic rings. The lowest BCUT2D eigenvalue weighted by Gasteiger charge is -2.37. The fourth-order valence-electron chi connectivity index (χ4n) is 3.88. The van der Waals surface area contributed by atoms with Crippen LogP contribution >= 0.6 is 0 Å². The minimum absolute atomic E-state index is 0.107. The highest BCUT2D eigenvalue weighted by molar-refractivity contribution is 5.58. The van der Waals surface area contributed by atoms with Crippen molar-refractivity contribution in [2.45, 2.75) is 38.3 Å². The molecule has 0 aliphatic carbocycles.